The average molecular weight is 299 g/mol. The summed E-state index contributed by atoms with van der Waals surface area (Å²) in [5.41, 5.74) is 2.17. The van der Waals surface area contributed by atoms with Gasteiger partial charge in [-0.25, -0.2) is 4.98 Å². The van der Waals surface area contributed by atoms with E-state index in [0.717, 1.165) is 24.6 Å². The second kappa shape index (κ2) is 7.75. The van der Waals surface area contributed by atoms with Crippen molar-refractivity contribution in [1.29, 1.82) is 0 Å². The molecular formula is C17H25N5. The van der Waals surface area contributed by atoms with Crippen molar-refractivity contribution < 1.29 is 0 Å². The zero-order chi connectivity index (χ0) is 15.9. The van der Waals surface area contributed by atoms with Crippen molar-refractivity contribution in [3.8, 4) is 0 Å². The van der Waals surface area contributed by atoms with Crippen LogP contribution in [0.5, 0.6) is 0 Å². The molecule has 2 rings (SSSR count). The molecule has 0 radical (unpaired) electrons. The van der Waals surface area contributed by atoms with Gasteiger partial charge in [0.25, 0.3) is 0 Å². The van der Waals surface area contributed by atoms with Crippen LogP contribution in [-0.2, 0) is 0 Å². The Bertz CT molecular complexity index is 583. The molecule has 0 spiro atoms. The number of anilines is 2. The van der Waals surface area contributed by atoms with Crippen molar-refractivity contribution in [3.05, 3.63) is 47.7 Å². The molecular weight excluding hydrogens is 274 g/mol. The minimum absolute atomic E-state index is 0.164. The Balaban J connectivity index is 2.03. The minimum Gasteiger partial charge on any atom is -0.369 e. The van der Waals surface area contributed by atoms with Crippen molar-refractivity contribution >= 4 is 11.8 Å². The summed E-state index contributed by atoms with van der Waals surface area (Å²) in [6.07, 6.45) is 0. The number of nitrogens with zero attached hydrogens (tertiary/aromatic N) is 3. The molecule has 1 unspecified atom stereocenters. The maximum atomic E-state index is 4.54. The third-order valence-corrected chi connectivity index (χ3v) is 3.36. The molecule has 1 atom stereocenters. The van der Waals surface area contributed by atoms with E-state index in [0.29, 0.717) is 5.95 Å². The van der Waals surface area contributed by atoms with Crippen LogP contribution in [0, 0.1) is 6.92 Å². The number of aryl methyl sites for hydroxylation is 1. The van der Waals surface area contributed by atoms with E-state index < -0.39 is 0 Å². The summed E-state index contributed by atoms with van der Waals surface area (Å²) in [6, 6.07) is 12.4. The van der Waals surface area contributed by atoms with Crippen LogP contribution in [-0.4, -0.2) is 42.1 Å². The van der Waals surface area contributed by atoms with Crippen molar-refractivity contribution in [2.24, 2.45) is 0 Å². The summed E-state index contributed by atoms with van der Waals surface area (Å²) in [7, 11) is 4.11. The van der Waals surface area contributed by atoms with Gasteiger partial charge in [0.15, 0.2) is 0 Å². The Morgan fingerprint density at radius 3 is 2.55 bits per heavy atom. The first-order chi connectivity index (χ1) is 10.5. The molecule has 0 bridgehead atoms. The highest BCUT2D eigenvalue weighted by atomic mass is 15.2. The number of benzene rings is 1. The van der Waals surface area contributed by atoms with Gasteiger partial charge in [-0.05, 0) is 33.5 Å². The quantitative estimate of drug-likeness (QED) is 0.823. The highest BCUT2D eigenvalue weighted by Crippen LogP contribution is 2.18. The number of hydrogen-bond donors (Lipinski definition) is 2. The van der Waals surface area contributed by atoms with E-state index >= 15 is 0 Å². The predicted octanol–water partition coefficient (Wildman–Crippen LogP) is 2.93. The Kier molecular flexibility index (Phi) is 5.72. The summed E-state index contributed by atoms with van der Waals surface area (Å²) in [6.45, 7) is 5.92. The molecule has 0 aliphatic carbocycles. The van der Waals surface area contributed by atoms with Crippen molar-refractivity contribution in [3.63, 3.8) is 0 Å². The third kappa shape index (κ3) is 5.00. The standard InChI is InChI=1S/C17H25N5/c1-13-12-16(18-10-11-22(3)4)21-17(19-13)20-14(2)15-8-6-5-7-9-15/h5-9,12,14H,10-11H2,1-4H3,(H2,18,19,20,21). The van der Waals surface area contributed by atoms with Gasteiger partial charge in [0.2, 0.25) is 5.95 Å². The van der Waals surface area contributed by atoms with Crippen LogP contribution in [0.3, 0.4) is 0 Å². The number of nitrogens with one attached hydrogen (secondary N) is 2. The van der Waals surface area contributed by atoms with Gasteiger partial charge in [-0.2, -0.15) is 4.98 Å². The van der Waals surface area contributed by atoms with E-state index in [1.807, 2.05) is 31.2 Å². The number of likely N-dealkylation sites (N-methyl/N-ethyl adjacent to an activating group) is 1. The zero-order valence-corrected chi connectivity index (χ0v) is 13.8. The second-order valence-corrected chi connectivity index (χ2v) is 5.72. The molecule has 5 nitrogen and oxygen atoms in total. The van der Waals surface area contributed by atoms with E-state index in [4.69, 9.17) is 0 Å². The molecule has 2 aromatic rings. The fraction of sp³-hybridized carbons (Fsp3) is 0.412. The Labute approximate surface area is 132 Å². The normalized spacial score (nSPS) is 12.2. The maximum absolute atomic E-state index is 4.54. The molecule has 0 fully saturated rings. The predicted molar refractivity (Wildman–Crippen MR) is 92.3 cm³/mol. The van der Waals surface area contributed by atoms with Gasteiger partial charge >= 0.3 is 0 Å². The third-order valence-electron chi connectivity index (χ3n) is 3.36. The van der Waals surface area contributed by atoms with Crippen LogP contribution < -0.4 is 10.6 Å². The molecule has 22 heavy (non-hydrogen) atoms. The van der Waals surface area contributed by atoms with Crippen molar-refractivity contribution in [1.82, 2.24) is 14.9 Å². The highest BCUT2D eigenvalue weighted by Gasteiger charge is 2.08. The first-order valence-electron chi connectivity index (χ1n) is 7.60. The van der Waals surface area contributed by atoms with E-state index in [2.05, 4.69) is 58.7 Å². The molecule has 0 saturated carbocycles. The lowest BCUT2D eigenvalue weighted by atomic mass is 10.1. The molecule has 1 aromatic carbocycles. The van der Waals surface area contributed by atoms with Crippen LogP contribution in [0.2, 0.25) is 0 Å². The average Bonchev–Trinajstić information content (AvgIpc) is 2.47. The van der Waals surface area contributed by atoms with Gasteiger partial charge in [-0.15, -0.1) is 0 Å². The van der Waals surface area contributed by atoms with Gasteiger partial charge in [0.1, 0.15) is 5.82 Å². The van der Waals surface area contributed by atoms with E-state index in [-0.39, 0.29) is 6.04 Å². The minimum atomic E-state index is 0.164. The van der Waals surface area contributed by atoms with Crippen LogP contribution in [0.25, 0.3) is 0 Å². The number of hydrogen-bond acceptors (Lipinski definition) is 5. The molecule has 1 aromatic heterocycles. The van der Waals surface area contributed by atoms with E-state index in [1.165, 1.54) is 5.56 Å². The summed E-state index contributed by atoms with van der Waals surface area (Å²) >= 11 is 0. The largest absolute Gasteiger partial charge is 0.369 e. The fourth-order valence-corrected chi connectivity index (χ4v) is 2.15. The molecule has 0 saturated heterocycles. The summed E-state index contributed by atoms with van der Waals surface area (Å²) in [4.78, 5) is 11.2. The summed E-state index contributed by atoms with van der Waals surface area (Å²) < 4.78 is 0. The number of aromatic nitrogens is 2. The molecule has 0 amide bonds. The number of rotatable bonds is 7. The molecule has 1 heterocycles. The van der Waals surface area contributed by atoms with Crippen LogP contribution in [0.1, 0.15) is 24.2 Å². The topological polar surface area (TPSA) is 53.1 Å². The lowest BCUT2D eigenvalue weighted by Gasteiger charge is -2.16. The van der Waals surface area contributed by atoms with Crippen molar-refractivity contribution in [2.45, 2.75) is 19.9 Å². The lowest BCUT2D eigenvalue weighted by Crippen LogP contribution is -2.21. The molecule has 2 N–H and O–H groups in total. The first-order valence-corrected chi connectivity index (χ1v) is 7.60. The van der Waals surface area contributed by atoms with Crippen LogP contribution >= 0.6 is 0 Å². The van der Waals surface area contributed by atoms with Gasteiger partial charge in [0.05, 0.1) is 6.04 Å². The van der Waals surface area contributed by atoms with E-state index in [1.54, 1.807) is 0 Å². The summed E-state index contributed by atoms with van der Waals surface area (Å²) in [5, 5.41) is 6.70. The van der Waals surface area contributed by atoms with Crippen molar-refractivity contribution in [2.75, 3.05) is 37.8 Å². The Morgan fingerprint density at radius 2 is 1.86 bits per heavy atom. The monoisotopic (exact) mass is 299 g/mol. The van der Waals surface area contributed by atoms with Crippen LogP contribution in [0.15, 0.2) is 36.4 Å². The van der Waals surface area contributed by atoms with Gasteiger partial charge in [0, 0.05) is 24.8 Å². The fourth-order valence-electron chi connectivity index (χ4n) is 2.15. The maximum Gasteiger partial charge on any atom is 0.225 e. The van der Waals surface area contributed by atoms with Crippen LogP contribution in [0.4, 0.5) is 11.8 Å². The van der Waals surface area contributed by atoms with Gasteiger partial charge in [-0.3, -0.25) is 0 Å². The zero-order valence-electron chi connectivity index (χ0n) is 13.8. The summed E-state index contributed by atoms with van der Waals surface area (Å²) in [5.74, 6) is 1.51. The SMILES string of the molecule is Cc1cc(NCCN(C)C)nc(NC(C)c2ccccc2)n1. The molecule has 5 heteroatoms. The Morgan fingerprint density at radius 1 is 1.14 bits per heavy atom. The molecule has 0 aliphatic heterocycles. The second-order valence-electron chi connectivity index (χ2n) is 5.72. The smallest absolute Gasteiger partial charge is 0.225 e. The van der Waals surface area contributed by atoms with E-state index in [9.17, 15) is 0 Å². The molecule has 118 valence electrons. The van der Waals surface area contributed by atoms with Gasteiger partial charge in [-0.1, -0.05) is 30.3 Å². The first kappa shape index (κ1) is 16.2. The Hall–Kier alpha value is -2.14. The highest BCUT2D eigenvalue weighted by molar-refractivity contribution is 5.43. The van der Waals surface area contributed by atoms with Gasteiger partial charge < -0.3 is 15.5 Å². The lowest BCUT2D eigenvalue weighted by molar-refractivity contribution is 0.425. The molecule has 0 aliphatic rings.